The monoisotopic (exact) mass is 343 g/mol. The van der Waals surface area contributed by atoms with Gasteiger partial charge in [-0.15, -0.1) is 11.3 Å². The summed E-state index contributed by atoms with van der Waals surface area (Å²) in [4.78, 5) is 28.5. The number of thiophene rings is 1. The van der Waals surface area contributed by atoms with Crippen molar-refractivity contribution in [1.82, 2.24) is 15.5 Å². The number of aromatic nitrogens is 2. The lowest BCUT2D eigenvalue weighted by atomic mass is 10.2. The van der Waals surface area contributed by atoms with E-state index in [-0.39, 0.29) is 24.9 Å². The third-order valence-corrected chi connectivity index (χ3v) is 3.86. The van der Waals surface area contributed by atoms with Gasteiger partial charge in [-0.25, -0.2) is 0 Å². The van der Waals surface area contributed by atoms with Gasteiger partial charge >= 0.3 is 5.97 Å². The Kier molecular flexibility index (Phi) is 4.97. The van der Waals surface area contributed by atoms with Crippen molar-refractivity contribution in [2.45, 2.75) is 6.61 Å². The molecule has 3 aromatic rings. The number of rotatable bonds is 6. The van der Waals surface area contributed by atoms with Crippen LogP contribution in [0.3, 0.4) is 0 Å². The van der Waals surface area contributed by atoms with Gasteiger partial charge in [-0.05, 0) is 23.6 Å². The van der Waals surface area contributed by atoms with Gasteiger partial charge in [0.25, 0.3) is 11.8 Å². The van der Waals surface area contributed by atoms with E-state index in [4.69, 9.17) is 9.26 Å². The van der Waals surface area contributed by atoms with Crippen molar-refractivity contribution in [3.63, 3.8) is 0 Å². The first-order chi connectivity index (χ1) is 11.7. The fourth-order valence-corrected chi connectivity index (χ4v) is 2.51. The minimum atomic E-state index is -0.588. The quantitative estimate of drug-likeness (QED) is 0.690. The van der Waals surface area contributed by atoms with E-state index in [1.807, 2.05) is 17.5 Å². The molecule has 0 aliphatic carbocycles. The number of esters is 1. The molecule has 3 rings (SSSR count). The van der Waals surface area contributed by atoms with Gasteiger partial charge in [-0.1, -0.05) is 29.4 Å². The van der Waals surface area contributed by atoms with E-state index in [1.165, 1.54) is 11.3 Å². The Hall–Kier alpha value is -3.00. The summed E-state index contributed by atoms with van der Waals surface area (Å²) in [6.45, 7) is -0.377. The van der Waals surface area contributed by atoms with Crippen molar-refractivity contribution in [2.24, 2.45) is 0 Å². The zero-order valence-electron chi connectivity index (χ0n) is 12.5. The number of nitrogens with one attached hydrogen (secondary N) is 1. The van der Waals surface area contributed by atoms with E-state index in [1.54, 1.807) is 30.3 Å². The van der Waals surface area contributed by atoms with Crippen LogP contribution in [0.15, 0.2) is 52.4 Å². The molecule has 0 saturated heterocycles. The Morgan fingerprint density at radius 2 is 2.00 bits per heavy atom. The Labute approximate surface area is 141 Å². The highest BCUT2D eigenvalue weighted by atomic mass is 32.1. The second-order valence-corrected chi connectivity index (χ2v) is 5.65. The highest BCUT2D eigenvalue weighted by molar-refractivity contribution is 7.13. The summed E-state index contributed by atoms with van der Waals surface area (Å²) in [6, 6.07) is 12.4. The predicted octanol–water partition coefficient (Wildman–Crippen LogP) is 2.27. The van der Waals surface area contributed by atoms with Crippen LogP contribution in [0, 0.1) is 0 Å². The third-order valence-electron chi connectivity index (χ3n) is 3.00. The number of nitrogens with zero attached hydrogens (tertiary/aromatic N) is 2. The number of amides is 1. The highest BCUT2D eigenvalue weighted by Gasteiger charge is 2.12. The summed E-state index contributed by atoms with van der Waals surface area (Å²) in [5.41, 5.74) is 0.475. The molecule has 1 amide bonds. The van der Waals surface area contributed by atoms with Crippen LogP contribution in [0.25, 0.3) is 10.7 Å². The first-order valence-corrected chi connectivity index (χ1v) is 7.95. The fraction of sp³-hybridized carbons (Fsp3) is 0.125. The van der Waals surface area contributed by atoms with E-state index < -0.39 is 5.97 Å². The molecule has 1 N–H and O–H groups in total. The van der Waals surface area contributed by atoms with Gasteiger partial charge in [-0.3, -0.25) is 9.59 Å². The van der Waals surface area contributed by atoms with Crippen LogP contribution in [0.5, 0.6) is 0 Å². The van der Waals surface area contributed by atoms with Gasteiger partial charge in [0, 0.05) is 5.56 Å². The van der Waals surface area contributed by atoms with Crippen molar-refractivity contribution >= 4 is 23.2 Å². The summed E-state index contributed by atoms with van der Waals surface area (Å²) < 4.78 is 10.0. The Morgan fingerprint density at radius 1 is 1.17 bits per heavy atom. The van der Waals surface area contributed by atoms with Gasteiger partial charge in [0.2, 0.25) is 5.82 Å². The molecule has 0 aliphatic heterocycles. The number of ether oxygens (including phenoxy) is 1. The zero-order valence-corrected chi connectivity index (χ0v) is 13.3. The van der Waals surface area contributed by atoms with E-state index in [0.717, 1.165) is 4.88 Å². The van der Waals surface area contributed by atoms with E-state index in [9.17, 15) is 9.59 Å². The first-order valence-electron chi connectivity index (χ1n) is 7.08. The summed E-state index contributed by atoms with van der Waals surface area (Å²) in [5.74, 6) is -0.282. The minimum Gasteiger partial charge on any atom is -0.454 e. The van der Waals surface area contributed by atoms with Crippen molar-refractivity contribution < 1.29 is 18.8 Å². The molecule has 2 heterocycles. The molecule has 1 aromatic carbocycles. The lowest BCUT2D eigenvalue weighted by molar-refractivity contribution is -0.144. The molecular formula is C16H13N3O4S. The average Bonchev–Trinajstić information content (AvgIpc) is 3.29. The van der Waals surface area contributed by atoms with E-state index in [0.29, 0.717) is 11.4 Å². The molecule has 0 atom stereocenters. The third kappa shape index (κ3) is 4.05. The van der Waals surface area contributed by atoms with E-state index in [2.05, 4.69) is 15.5 Å². The highest BCUT2D eigenvalue weighted by Crippen LogP contribution is 2.21. The first kappa shape index (κ1) is 15.9. The van der Waals surface area contributed by atoms with Gasteiger partial charge in [0.15, 0.2) is 6.61 Å². The number of hydrogen-bond acceptors (Lipinski definition) is 7. The van der Waals surface area contributed by atoms with Crippen molar-refractivity contribution in [3.8, 4) is 10.7 Å². The summed E-state index contributed by atoms with van der Waals surface area (Å²) in [5, 5.41) is 8.20. The summed E-state index contributed by atoms with van der Waals surface area (Å²) >= 11 is 1.48. The number of hydrogen-bond donors (Lipinski definition) is 1. The van der Waals surface area contributed by atoms with Gasteiger partial charge in [-0.2, -0.15) is 4.98 Å². The molecule has 7 nitrogen and oxygen atoms in total. The molecule has 8 heteroatoms. The lowest BCUT2D eigenvalue weighted by Crippen LogP contribution is -2.30. The lowest BCUT2D eigenvalue weighted by Gasteiger charge is -2.04. The molecule has 0 saturated carbocycles. The average molecular weight is 343 g/mol. The predicted molar refractivity (Wildman–Crippen MR) is 86.2 cm³/mol. The van der Waals surface area contributed by atoms with Crippen LogP contribution in [0.2, 0.25) is 0 Å². The van der Waals surface area contributed by atoms with Crippen LogP contribution in [-0.4, -0.2) is 28.6 Å². The standard InChI is InChI=1S/C16H13N3O4S/c20-14(9-17-16(21)11-5-2-1-3-6-11)22-10-13-18-15(19-23-13)12-7-4-8-24-12/h1-8H,9-10H2,(H,17,21). The number of carbonyl (C=O) groups excluding carboxylic acids is 2. The van der Waals surface area contributed by atoms with Crippen LogP contribution in [0.1, 0.15) is 16.2 Å². The summed E-state index contributed by atoms with van der Waals surface area (Å²) in [7, 11) is 0. The Bertz CT molecular complexity index is 815. The molecule has 2 aromatic heterocycles. The Balaban J connectivity index is 1.45. The maximum atomic E-state index is 11.8. The molecular weight excluding hydrogens is 330 g/mol. The smallest absolute Gasteiger partial charge is 0.325 e. The van der Waals surface area contributed by atoms with E-state index >= 15 is 0 Å². The molecule has 0 unspecified atom stereocenters. The molecule has 24 heavy (non-hydrogen) atoms. The fourth-order valence-electron chi connectivity index (χ4n) is 1.86. The maximum absolute atomic E-state index is 11.8. The molecule has 0 bridgehead atoms. The zero-order chi connectivity index (χ0) is 16.8. The molecule has 0 fully saturated rings. The largest absolute Gasteiger partial charge is 0.454 e. The van der Waals surface area contributed by atoms with Crippen molar-refractivity contribution in [3.05, 3.63) is 59.3 Å². The van der Waals surface area contributed by atoms with Crippen molar-refractivity contribution in [1.29, 1.82) is 0 Å². The maximum Gasteiger partial charge on any atom is 0.325 e. The number of carbonyl (C=O) groups is 2. The summed E-state index contributed by atoms with van der Waals surface area (Å²) in [6.07, 6.45) is 0. The molecule has 0 spiro atoms. The van der Waals surface area contributed by atoms with Gasteiger partial charge in [0.1, 0.15) is 6.54 Å². The van der Waals surface area contributed by atoms with Crippen LogP contribution >= 0.6 is 11.3 Å². The minimum absolute atomic E-state index is 0.140. The Morgan fingerprint density at radius 3 is 2.75 bits per heavy atom. The van der Waals surface area contributed by atoms with Crippen LogP contribution in [0.4, 0.5) is 0 Å². The second-order valence-electron chi connectivity index (χ2n) is 4.70. The van der Waals surface area contributed by atoms with Gasteiger partial charge < -0.3 is 14.6 Å². The van der Waals surface area contributed by atoms with Crippen LogP contribution < -0.4 is 5.32 Å². The van der Waals surface area contributed by atoms with Gasteiger partial charge in [0.05, 0.1) is 4.88 Å². The normalized spacial score (nSPS) is 10.3. The van der Waals surface area contributed by atoms with Crippen molar-refractivity contribution in [2.75, 3.05) is 6.54 Å². The topological polar surface area (TPSA) is 94.3 Å². The molecule has 0 aliphatic rings. The number of benzene rings is 1. The molecule has 0 radical (unpaired) electrons. The van der Waals surface area contributed by atoms with Crippen LogP contribution in [-0.2, 0) is 16.1 Å². The second kappa shape index (κ2) is 7.51. The molecule has 122 valence electrons. The SMILES string of the molecule is O=C(CNC(=O)c1ccccc1)OCc1nc(-c2cccs2)no1.